The lowest BCUT2D eigenvalue weighted by Gasteiger charge is -2.25. The van der Waals surface area contributed by atoms with Crippen molar-refractivity contribution in [3.63, 3.8) is 0 Å². The van der Waals surface area contributed by atoms with Gasteiger partial charge in [0.2, 0.25) is 0 Å². The van der Waals surface area contributed by atoms with Gasteiger partial charge in [0.05, 0.1) is 5.02 Å². The van der Waals surface area contributed by atoms with Gasteiger partial charge in [-0.05, 0) is 24.5 Å². The number of ether oxygens (including phenoxy) is 1. The van der Waals surface area contributed by atoms with E-state index < -0.39 is 17.2 Å². The molecule has 164 valence electrons. The molecule has 0 aliphatic heterocycles. The first-order valence-electron chi connectivity index (χ1n) is 9.66. The normalized spacial score (nSPS) is 11.0. The predicted octanol–water partition coefficient (Wildman–Crippen LogP) is 3.29. The van der Waals surface area contributed by atoms with E-state index >= 15 is 0 Å². The highest BCUT2D eigenvalue weighted by Crippen LogP contribution is 2.28. The number of nitrogens with one attached hydrogen (secondary N) is 1. The van der Waals surface area contributed by atoms with Crippen molar-refractivity contribution in [2.24, 2.45) is 5.92 Å². The summed E-state index contributed by atoms with van der Waals surface area (Å²) >= 11 is 12.0. The molecule has 3 N–H and O–H groups in total. The molecule has 0 aliphatic carbocycles. The van der Waals surface area contributed by atoms with Crippen LogP contribution in [-0.4, -0.2) is 28.6 Å². The molecule has 10 heteroatoms. The molecule has 0 aliphatic rings. The average Bonchev–Trinajstić information content (AvgIpc) is 2.67. The van der Waals surface area contributed by atoms with Crippen LogP contribution in [0.25, 0.3) is 0 Å². The number of nitrogens with two attached hydrogens (primary N) is 1. The minimum atomic E-state index is -0.720. The van der Waals surface area contributed by atoms with E-state index in [2.05, 4.69) is 4.98 Å². The van der Waals surface area contributed by atoms with E-state index in [0.29, 0.717) is 23.0 Å². The van der Waals surface area contributed by atoms with Gasteiger partial charge in [-0.3, -0.25) is 19.1 Å². The largest absolute Gasteiger partial charge is 0.482 e. The van der Waals surface area contributed by atoms with Gasteiger partial charge in [0, 0.05) is 24.2 Å². The van der Waals surface area contributed by atoms with Crippen molar-refractivity contribution < 1.29 is 9.53 Å². The van der Waals surface area contributed by atoms with E-state index in [1.807, 2.05) is 20.8 Å². The molecule has 1 aromatic heterocycles. The van der Waals surface area contributed by atoms with Crippen molar-refractivity contribution in [1.29, 1.82) is 0 Å². The number of aromatic nitrogens is 2. The summed E-state index contributed by atoms with van der Waals surface area (Å²) in [5, 5.41) is 0.710. The van der Waals surface area contributed by atoms with Crippen LogP contribution in [0.15, 0.2) is 27.8 Å². The van der Waals surface area contributed by atoms with Crippen molar-refractivity contribution in [1.82, 2.24) is 9.55 Å². The van der Waals surface area contributed by atoms with Crippen LogP contribution in [0.4, 0.5) is 11.5 Å². The summed E-state index contributed by atoms with van der Waals surface area (Å²) in [6.07, 6.45) is 1.42. The van der Waals surface area contributed by atoms with Crippen molar-refractivity contribution in [2.45, 2.75) is 40.2 Å². The molecule has 0 bridgehead atoms. The number of anilines is 2. The summed E-state index contributed by atoms with van der Waals surface area (Å²) in [4.78, 5) is 41.2. The van der Waals surface area contributed by atoms with Gasteiger partial charge in [-0.15, -0.1) is 0 Å². The molecule has 0 saturated heterocycles. The number of halogens is 2. The number of nitrogens with zero attached hydrogens (tertiary/aromatic N) is 2. The lowest BCUT2D eigenvalue weighted by molar-refractivity contribution is -0.120. The smallest absolute Gasteiger partial charge is 0.330 e. The zero-order valence-corrected chi connectivity index (χ0v) is 18.7. The second-order valence-corrected chi connectivity index (χ2v) is 8.10. The number of rotatable bonds is 9. The highest BCUT2D eigenvalue weighted by molar-refractivity contribution is 6.34. The highest BCUT2D eigenvalue weighted by Gasteiger charge is 2.24. The fraction of sp³-hybridized carbons (Fsp3) is 0.450. The Hall–Kier alpha value is -2.45. The molecule has 0 spiro atoms. The Labute approximate surface area is 184 Å². The maximum absolute atomic E-state index is 13.0. The second-order valence-electron chi connectivity index (χ2n) is 7.26. The first kappa shape index (κ1) is 23.8. The van der Waals surface area contributed by atoms with E-state index in [1.165, 1.54) is 15.5 Å². The van der Waals surface area contributed by atoms with Crippen molar-refractivity contribution in [3.05, 3.63) is 49.1 Å². The van der Waals surface area contributed by atoms with E-state index in [4.69, 9.17) is 33.7 Å². The predicted molar refractivity (Wildman–Crippen MR) is 120 cm³/mol. The number of carbonyl (C=O) groups excluding carboxylic acids is 1. The summed E-state index contributed by atoms with van der Waals surface area (Å²) < 4.78 is 6.80. The van der Waals surface area contributed by atoms with Crippen LogP contribution in [0.3, 0.4) is 0 Å². The summed E-state index contributed by atoms with van der Waals surface area (Å²) in [5.74, 6) is -0.189. The molecule has 0 saturated carbocycles. The Kier molecular flexibility index (Phi) is 8.37. The maximum Gasteiger partial charge on any atom is 0.330 e. The van der Waals surface area contributed by atoms with Gasteiger partial charge in [-0.25, -0.2) is 4.79 Å². The van der Waals surface area contributed by atoms with Gasteiger partial charge in [-0.2, -0.15) is 0 Å². The molecule has 1 heterocycles. The summed E-state index contributed by atoms with van der Waals surface area (Å²) in [6, 6.07) is 4.66. The molecule has 1 amide bonds. The molecule has 0 unspecified atom stereocenters. The van der Waals surface area contributed by atoms with Gasteiger partial charge < -0.3 is 15.4 Å². The molecule has 2 aromatic rings. The highest BCUT2D eigenvalue weighted by atomic mass is 35.5. The summed E-state index contributed by atoms with van der Waals surface area (Å²) in [6.45, 7) is 5.95. The Morgan fingerprint density at radius 2 is 2.00 bits per heavy atom. The summed E-state index contributed by atoms with van der Waals surface area (Å²) in [5.41, 5.74) is 4.77. The molecule has 2 rings (SSSR count). The van der Waals surface area contributed by atoms with Gasteiger partial charge in [0.25, 0.3) is 11.5 Å². The van der Waals surface area contributed by atoms with Crippen LogP contribution < -0.4 is 26.6 Å². The Bertz CT molecular complexity index is 1020. The Morgan fingerprint density at radius 3 is 2.63 bits per heavy atom. The number of hydrogen-bond donors (Lipinski definition) is 2. The lowest BCUT2D eigenvalue weighted by Crippen LogP contribution is -2.43. The maximum atomic E-state index is 13.0. The number of hydrogen-bond acceptors (Lipinski definition) is 5. The summed E-state index contributed by atoms with van der Waals surface area (Å²) in [7, 11) is 0. The number of nitrogen functional groups attached to an aromatic ring is 1. The van der Waals surface area contributed by atoms with E-state index in [0.717, 1.165) is 6.42 Å². The van der Waals surface area contributed by atoms with Crippen molar-refractivity contribution >= 4 is 40.6 Å². The third-order valence-corrected chi connectivity index (χ3v) is 4.86. The quantitative estimate of drug-likeness (QED) is 0.601. The zero-order valence-electron chi connectivity index (χ0n) is 17.2. The number of aromatic amines is 1. The average molecular weight is 457 g/mol. The number of unbranched alkanes of at least 4 members (excludes halogenated alkanes) is 1. The molecular formula is C20H26Cl2N4O4. The minimum absolute atomic E-state index is 0.0531. The molecule has 1 aromatic carbocycles. The fourth-order valence-electron chi connectivity index (χ4n) is 2.87. The molecule has 0 fully saturated rings. The van der Waals surface area contributed by atoms with E-state index in [1.54, 1.807) is 12.1 Å². The molecule has 30 heavy (non-hydrogen) atoms. The first-order valence-corrected chi connectivity index (χ1v) is 10.4. The van der Waals surface area contributed by atoms with Gasteiger partial charge in [0.15, 0.2) is 12.3 Å². The van der Waals surface area contributed by atoms with Gasteiger partial charge in [0.1, 0.15) is 11.6 Å². The van der Waals surface area contributed by atoms with E-state index in [-0.39, 0.29) is 36.3 Å². The zero-order chi connectivity index (χ0) is 22.4. The third-order valence-electron chi connectivity index (χ3n) is 4.31. The third kappa shape index (κ3) is 5.79. The van der Waals surface area contributed by atoms with Crippen molar-refractivity contribution in [2.75, 3.05) is 23.8 Å². The van der Waals surface area contributed by atoms with E-state index in [9.17, 15) is 14.4 Å². The Morgan fingerprint density at radius 1 is 1.30 bits per heavy atom. The number of H-pyrrole nitrogens is 1. The Balaban J connectivity index is 2.39. The second kappa shape index (κ2) is 10.5. The van der Waals surface area contributed by atoms with Crippen molar-refractivity contribution in [3.8, 4) is 5.75 Å². The molecule has 0 atom stereocenters. The van der Waals surface area contributed by atoms with Crippen LogP contribution in [0.5, 0.6) is 5.75 Å². The number of benzene rings is 1. The van der Waals surface area contributed by atoms with Gasteiger partial charge >= 0.3 is 5.69 Å². The van der Waals surface area contributed by atoms with Crippen LogP contribution in [0.2, 0.25) is 10.0 Å². The molecule has 8 nitrogen and oxygen atoms in total. The first-order chi connectivity index (χ1) is 14.1. The molecular weight excluding hydrogens is 431 g/mol. The number of amides is 1. The number of carbonyl (C=O) groups is 1. The molecule has 0 radical (unpaired) electrons. The monoisotopic (exact) mass is 456 g/mol. The van der Waals surface area contributed by atoms with Crippen LogP contribution in [0.1, 0.15) is 33.6 Å². The van der Waals surface area contributed by atoms with Crippen LogP contribution in [-0.2, 0) is 11.3 Å². The fourth-order valence-corrected chi connectivity index (χ4v) is 3.20. The minimum Gasteiger partial charge on any atom is -0.482 e. The lowest BCUT2D eigenvalue weighted by atomic mass is 10.2. The SMILES string of the molecule is CCCCN(C(=O)COc1cc(Cl)ccc1Cl)c1c(N)n(CC(C)C)c(=O)[nH]c1=O. The standard InChI is InChI=1S/C20H26Cl2N4O4/c1-4-5-8-25(16(27)11-30-15-9-13(21)6-7-14(15)22)17-18(23)26(10-12(2)3)20(29)24-19(17)28/h6-7,9,12H,4-5,8,10-11,23H2,1-3H3,(H,24,28,29). The topological polar surface area (TPSA) is 110 Å². The van der Waals surface area contributed by atoms with Gasteiger partial charge in [-0.1, -0.05) is 50.4 Å². The van der Waals surface area contributed by atoms with Crippen LogP contribution in [0, 0.1) is 5.92 Å². The van der Waals surface area contributed by atoms with Crippen LogP contribution >= 0.6 is 23.2 Å².